The van der Waals surface area contributed by atoms with Gasteiger partial charge in [-0.1, -0.05) is 26.0 Å². The summed E-state index contributed by atoms with van der Waals surface area (Å²) in [7, 11) is 0. The Labute approximate surface area is 121 Å². The van der Waals surface area contributed by atoms with Crippen LogP contribution < -0.4 is 5.32 Å². The predicted octanol–water partition coefficient (Wildman–Crippen LogP) is 3.31. The van der Waals surface area contributed by atoms with Crippen molar-refractivity contribution >= 4 is 11.6 Å². The average Bonchev–Trinajstić information content (AvgIpc) is 2.95. The summed E-state index contributed by atoms with van der Waals surface area (Å²) in [6, 6.07) is 6.55. The lowest BCUT2D eigenvalue weighted by atomic mass is 9.97. The van der Waals surface area contributed by atoms with E-state index in [2.05, 4.69) is 30.1 Å². The Morgan fingerprint density at radius 3 is 3.00 bits per heavy atom. The topological polar surface area (TPSA) is 32.3 Å². The van der Waals surface area contributed by atoms with Crippen molar-refractivity contribution in [1.29, 1.82) is 0 Å². The van der Waals surface area contributed by atoms with E-state index >= 15 is 0 Å². The highest BCUT2D eigenvalue weighted by Gasteiger charge is 2.32. The average molecular weight is 272 g/mol. The van der Waals surface area contributed by atoms with E-state index in [-0.39, 0.29) is 5.91 Å². The number of likely N-dealkylation sites (tertiary alicyclic amines) is 1. The number of anilines is 1. The number of para-hydroxylation sites is 1. The molecule has 108 valence electrons. The maximum Gasteiger partial charge on any atom is 0.256 e. The molecule has 1 amide bonds. The van der Waals surface area contributed by atoms with Crippen molar-refractivity contribution in [2.45, 2.75) is 45.6 Å². The first-order valence-electron chi connectivity index (χ1n) is 7.85. The minimum absolute atomic E-state index is 0.215. The molecule has 0 aliphatic carbocycles. The van der Waals surface area contributed by atoms with Gasteiger partial charge in [-0.25, -0.2) is 0 Å². The van der Waals surface area contributed by atoms with Gasteiger partial charge in [-0.05, 0) is 43.2 Å². The number of carbonyl (C=O) groups excluding carboxylic acids is 1. The Morgan fingerprint density at radius 1 is 1.35 bits per heavy atom. The number of aryl methyl sites for hydroxylation is 1. The van der Waals surface area contributed by atoms with Gasteiger partial charge in [0.25, 0.3) is 5.91 Å². The summed E-state index contributed by atoms with van der Waals surface area (Å²) in [5, 5.41) is 3.43. The van der Waals surface area contributed by atoms with Gasteiger partial charge in [0.05, 0.1) is 11.3 Å². The summed E-state index contributed by atoms with van der Waals surface area (Å²) in [6.45, 7) is 6.32. The first kappa shape index (κ1) is 13.5. The zero-order chi connectivity index (χ0) is 14.1. The van der Waals surface area contributed by atoms with E-state index < -0.39 is 0 Å². The second-order valence-electron chi connectivity index (χ2n) is 6.32. The van der Waals surface area contributed by atoms with Crippen LogP contribution in [0, 0.1) is 5.92 Å². The smallest absolute Gasteiger partial charge is 0.256 e. The lowest BCUT2D eigenvalue weighted by molar-refractivity contribution is 0.0702. The summed E-state index contributed by atoms with van der Waals surface area (Å²) >= 11 is 0. The normalized spacial score (nSPS) is 21.8. The highest BCUT2D eigenvalue weighted by Crippen LogP contribution is 2.31. The van der Waals surface area contributed by atoms with E-state index in [9.17, 15) is 4.79 Å². The molecule has 2 heterocycles. The standard InChI is InChI=1S/C17H24N2O/c1-12(2)15-9-5-11-19(15)17(20)14-8-3-6-13-7-4-10-18-16(13)14/h3,6,8,12,15,18H,4-5,7,9-11H2,1-2H3. The lowest BCUT2D eigenvalue weighted by Crippen LogP contribution is -2.39. The van der Waals surface area contributed by atoms with Crippen LogP contribution in [0.25, 0.3) is 0 Å². The van der Waals surface area contributed by atoms with Crippen molar-refractivity contribution in [3.05, 3.63) is 29.3 Å². The van der Waals surface area contributed by atoms with Crippen LogP contribution in [0.5, 0.6) is 0 Å². The number of fused-ring (bicyclic) bond motifs is 1. The Kier molecular flexibility index (Phi) is 3.68. The van der Waals surface area contributed by atoms with Gasteiger partial charge >= 0.3 is 0 Å². The number of hydrogen-bond donors (Lipinski definition) is 1. The molecule has 1 fully saturated rings. The van der Waals surface area contributed by atoms with Crippen molar-refractivity contribution in [3.63, 3.8) is 0 Å². The first-order valence-corrected chi connectivity index (χ1v) is 7.85. The number of carbonyl (C=O) groups is 1. The Morgan fingerprint density at radius 2 is 2.20 bits per heavy atom. The second-order valence-corrected chi connectivity index (χ2v) is 6.32. The third-order valence-corrected chi connectivity index (χ3v) is 4.64. The predicted molar refractivity (Wildman–Crippen MR) is 82.1 cm³/mol. The molecule has 0 spiro atoms. The zero-order valence-electron chi connectivity index (χ0n) is 12.5. The van der Waals surface area contributed by atoms with Gasteiger partial charge in [0.1, 0.15) is 0 Å². The van der Waals surface area contributed by atoms with Gasteiger partial charge in [-0.2, -0.15) is 0 Å². The minimum Gasteiger partial charge on any atom is -0.384 e. The molecule has 1 aromatic carbocycles. The van der Waals surface area contributed by atoms with Gasteiger partial charge in [0.2, 0.25) is 0 Å². The molecule has 1 N–H and O–H groups in total. The molecule has 3 heteroatoms. The Bertz CT molecular complexity index is 510. The van der Waals surface area contributed by atoms with Crippen LogP contribution >= 0.6 is 0 Å². The molecule has 0 aromatic heterocycles. The van der Waals surface area contributed by atoms with Crippen LogP contribution in [0.4, 0.5) is 5.69 Å². The Balaban J connectivity index is 1.91. The van der Waals surface area contributed by atoms with Gasteiger partial charge in [0.15, 0.2) is 0 Å². The third kappa shape index (κ3) is 2.30. The van der Waals surface area contributed by atoms with Crippen LogP contribution in [0.2, 0.25) is 0 Å². The Hall–Kier alpha value is -1.51. The second kappa shape index (κ2) is 5.47. The van der Waals surface area contributed by atoms with Crippen LogP contribution in [0.15, 0.2) is 18.2 Å². The van der Waals surface area contributed by atoms with E-state index in [1.165, 1.54) is 5.56 Å². The molecule has 1 atom stereocenters. The summed E-state index contributed by atoms with van der Waals surface area (Å²) in [5.74, 6) is 0.751. The van der Waals surface area contributed by atoms with Gasteiger partial charge < -0.3 is 10.2 Å². The molecule has 2 aliphatic heterocycles. The molecule has 1 unspecified atom stereocenters. The highest BCUT2D eigenvalue weighted by molar-refractivity contribution is 6.00. The molecule has 3 nitrogen and oxygen atoms in total. The number of amides is 1. The van der Waals surface area contributed by atoms with E-state index in [1.54, 1.807) is 0 Å². The van der Waals surface area contributed by atoms with Crippen molar-refractivity contribution in [3.8, 4) is 0 Å². The zero-order valence-corrected chi connectivity index (χ0v) is 12.5. The summed E-state index contributed by atoms with van der Waals surface area (Å²) in [5.41, 5.74) is 3.25. The molecule has 1 aromatic rings. The number of nitrogens with one attached hydrogen (secondary N) is 1. The molecular formula is C17H24N2O. The fraction of sp³-hybridized carbons (Fsp3) is 0.588. The maximum atomic E-state index is 12.9. The summed E-state index contributed by atoms with van der Waals surface area (Å²) in [4.78, 5) is 15.0. The van der Waals surface area contributed by atoms with Crippen molar-refractivity contribution in [2.75, 3.05) is 18.4 Å². The largest absolute Gasteiger partial charge is 0.384 e. The summed E-state index contributed by atoms with van der Waals surface area (Å²) < 4.78 is 0. The molecule has 2 aliphatic rings. The third-order valence-electron chi connectivity index (χ3n) is 4.64. The molecule has 0 bridgehead atoms. The van der Waals surface area contributed by atoms with E-state index in [0.29, 0.717) is 12.0 Å². The lowest BCUT2D eigenvalue weighted by Gasteiger charge is -2.29. The maximum absolute atomic E-state index is 12.9. The van der Waals surface area contributed by atoms with Crippen molar-refractivity contribution in [1.82, 2.24) is 4.90 Å². The van der Waals surface area contributed by atoms with Gasteiger partial charge in [0, 0.05) is 19.1 Å². The molecule has 20 heavy (non-hydrogen) atoms. The van der Waals surface area contributed by atoms with Gasteiger partial charge in [-0.15, -0.1) is 0 Å². The first-order chi connectivity index (χ1) is 9.68. The van der Waals surface area contributed by atoms with Crippen LogP contribution in [0.1, 0.15) is 49.0 Å². The molecule has 0 saturated carbocycles. The molecule has 3 rings (SSSR count). The number of rotatable bonds is 2. The van der Waals surface area contributed by atoms with E-state index in [0.717, 1.165) is 50.0 Å². The fourth-order valence-corrected chi connectivity index (χ4v) is 3.58. The van der Waals surface area contributed by atoms with E-state index in [4.69, 9.17) is 0 Å². The summed E-state index contributed by atoms with van der Waals surface area (Å²) in [6.07, 6.45) is 4.52. The number of hydrogen-bond acceptors (Lipinski definition) is 2. The van der Waals surface area contributed by atoms with Crippen molar-refractivity contribution < 1.29 is 4.79 Å². The number of nitrogens with zero attached hydrogens (tertiary/aromatic N) is 1. The van der Waals surface area contributed by atoms with Crippen LogP contribution in [-0.4, -0.2) is 29.9 Å². The molecule has 1 saturated heterocycles. The highest BCUT2D eigenvalue weighted by atomic mass is 16.2. The molecule has 0 radical (unpaired) electrons. The van der Waals surface area contributed by atoms with Crippen LogP contribution in [0.3, 0.4) is 0 Å². The van der Waals surface area contributed by atoms with E-state index in [1.807, 2.05) is 12.1 Å². The SMILES string of the molecule is CC(C)C1CCCN1C(=O)c1cccc2c1NCCC2. The molecular weight excluding hydrogens is 248 g/mol. The van der Waals surface area contributed by atoms with Crippen molar-refractivity contribution in [2.24, 2.45) is 5.92 Å². The van der Waals surface area contributed by atoms with Crippen LogP contribution in [-0.2, 0) is 6.42 Å². The monoisotopic (exact) mass is 272 g/mol. The minimum atomic E-state index is 0.215. The quantitative estimate of drug-likeness (QED) is 0.896. The van der Waals surface area contributed by atoms with Gasteiger partial charge in [-0.3, -0.25) is 4.79 Å². The number of benzene rings is 1. The fourth-order valence-electron chi connectivity index (χ4n) is 3.58.